The molecule has 0 unspecified atom stereocenters. The SMILES string of the molecule is Cn1c(SC[C@@H]2CN(Cc3ccccc3)CCO2)n[nH]c1=O. The van der Waals surface area contributed by atoms with Crippen LogP contribution in [-0.2, 0) is 18.3 Å². The number of nitrogens with zero attached hydrogens (tertiary/aromatic N) is 3. The molecule has 0 bridgehead atoms. The molecule has 1 atom stereocenters. The maximum absolute atomic E-state index is 11.3. The quantitative estimate of drug-likeness (QED) is 0.836. The first-order valence-electron chi connectivity index (χ1n) is 7.34. The number of aromatic nitrogens is 3. The zero-order chi connectivity index (χ0) is 15.4. The van der Waals surface area contributed by atoms with Gasteiger partial charge in [-0.15, -0.1) is 5.10 Å². The minimum Gasteiger partial charge on any atom is -0.375 e. The molecule has 0 radical (unpaired) electrons. The van der Waals surface area contributed by atoms with Crippen molar-refractivity contribution in [3.05, 3.63) is 46.4 Å². The monoisotopic (exact) mass is 320 g/mol. The number of morpholine rings is 1. The molecule has 1 aliphatic heterocycles. The lowest BCUT2D eigenvalue weighted by molar-refractivity contribution is -0.0187. The van der Waals surface area contributed by atoms with Gasteiger partial charge in [0.1, 0.15) is 0 Å². The Morgan fingerprint density at radius 2 is 2.23 bits per heavy atom. The summed E-state index contributed by atoms with van der Waals surface area (Å²) in [7, 11) is 1.72. The van der Waals surface area contributed by atoms with Crippen molar-refractivity contribution >= 4 is 11.8 Å². The van der Waals surface area contributed by atoms with Crippen LogP contribution in [0.2, 0.25) is 0 Å². The summed E-state index contributed by atoms with van der Waals surface area (Å²) in [5.74, 6) is 0.795. The summed E-state index contributed by atoms with van der Waals surface area (Å²) in [6.07, 6.45) is 0.161. The predicted octanol–water partition coefficient (Wildman–Crippen LogP) is 1.10. The van der Waals surface area contributed by atoms with Crippen LogP contribution < -0.4 is 5.69 Å². The Labute approximate surface area is 133 Å². The molecule has 118 valence electrons. The molecule has 0 amide bonds. The van der Waals surface area contributed by atoms with E-state index in [-0.39, 0.29) is 11.8 Å². The van der Waals surface area contributed by atoms with Crippen LogP contribution in [0, 0.1) is 0 Å². The summed E-state index contributed by atoms with van der Waals surface area (Å²) in [6.45, 7) is 3.56. The van der Waals surface area contributed by atoms with Gasteiger partial charge in [0.05, 0.1) is 12.7 Å². The van der Waals surface area contributed by atoms with E-state index < -0.39 is 0 Å². The molecule has 1 fully saturated rings. The number of ether oxygens (including phenoxy) is 1. The molecule has 0 spiro atoms. The maximum Gasteiger partial charge on any atom is 0.343 e. The van der Waals surface area contributed by atoms with Gasteiger partial charge < -0.3 is 4.74 Å². The highest BCUT2D eigenvalue weighted by atomic mass is 32.2. The van der Waals surface area contributed by atoms with Gasteiger partial charge in [0.25, 0.3) is 0 Å². The molecule has 1 aromatic carbocycles. The number of rotatable bonds is 5. The summed E-state index contributed by atoms with van der Waals surface area (Å²) in [4.78, 5) is 13.7. The summed E-state index contributed by atoms with van der Waals surface area (Å²) in [5, 5.41) is 7.16. The maximum atomic E-state index is 11.3. The Morgan fingerprint density at radius 1 is 1.41 bits per heavy atom. The Morgan fingerprint density at radius 3 is 2.95 bits per heavy atom. The zero-order valence-corrected chi connectivity index (χ0v) is 13.4. The van der Waals surface area contributed by atoms with E-state index in [1.165, 1.54) is 10.1 Å². The van der Waals surface area contributed by atoms with E-state index in [0.29, 0.717) is 5.16 Å². The van der Waals surface area contributed by atoms with Crippen LogP contribution in [0.25, 0.3) is 0 Å². The molecule has 6 nitrogen and oxygen atoms in total. The highest BCUT2D eigenvalue weighted by molar-refractivity contribution is 7.99. The Hall–Kier alpha value is -1.57. The van der Waals surface area contributed by atoms with Gasteiger partial charge in [0, 0.05) is 32.4 Å². The highest BCUT2D eigenvalue weighted by Gasteiger charge is 2.21. The van der Waals surface area contributed by atoms with Crippen LogP contribution in [0.15, 0.2) is 40.3 Å². The van der Waals surface area contributed by atoms with E-state index in [1.807, 2.05) is 6.07 Å². The first-order chi connectivity index (χ1) is 10.7. The first kappa shape index (κ1) is 15.3. The molecule has 7 heteroatoms. The highest BCUT2D eigenvalue weighted by Crippen LogP contribution is 2.18. The third-order valence-electron chi connectivity index (χ3n) is 3.71. The van der Waals surface area contributed by atoms with E-state index in [1.54, 1.807) is 18.8 Å². The number of hydrogen-bond acceptors (Lipinski definition) is 5. The summed E-state index contributed by atoms with van der Waals surface area (Å²) in [6, 6.07) is 10.5. The molecule has 1 N–H and O–H groups in total. The smallest absolute Gasteiger partial charge is 0.343 e. The van der Waals surface area contributed by atoms with Gasteiger partial charge in [-0.2, -0.15) is 0 Å². The summed E-state index contributed by atoms with van der Waals surface area (Å²) >= 11 is 1.55. The largest absolute Gasteiger partial charge is 0.375 e. The van der Waals surface area contributed by atoms with Gasteiger partial charge in [-0.05, 0) is 5.56 Å². The number of hydrogen-bond donors (Lipinski definition) is 1. The average Bonchev–Trinajstić information content (AvgIpc) is 2.86. The molecule has 1 aromatic heterocycles. The number of aromatic amines is 1. The second-order valence-corrected chi connectivity index (χ2v) is 6.38. The van der Waals surface area contributed by atoms with Crippen LogP contribution in [0.4, 0.5) is 0 Å². The molecule has 1 aliphatic rings. The summed E-state index contributed by atoms with van der Waals surface area (Å²) in [5.41, 5.74) is 1.14. The van der Waals surface area contributed by atoms with Gasteiger partial charge in [0.2, 0.25) is 0 Å². The van der Waals surface area contributed by atoms with Crippen LogP contribution >= 0.6 is 11.8 Å². The first-order valence-corrected chi connectivity index (χ1v) is 8.33. The summed E-state index contributed by atoms with van der Waals surface area (Å²) < 4.78 is 7.35. The average molecular weight is 320 g/mol. The molecule has 22 heavy (non-hydrogen) atoms. The van der Waals surface area contributed by atoms with Crippen molar-refractivity contribution in [1.82, 2.24) is 19.7 Å². The third kappa shape index (κ3) is 3.79. The number of thioether (sulfide) groups is 1. The lowest BCUT2D eigenvalue weighted by Gasteiger charge is -2.32. The van der Waals surface area contributed by atoms with Crippen molar-refractivity contribution in [3.8, 4) is 0 Å². The van der Waals surface area contributed by atoms with Gasteiger partial charge >= 0.3 is 5.69 Å². The van der Waals surface area contributed by atoms with Crippen molar-refractivity contribution in [1.29, 1.82) is 0 Å². The van der Waals surface area contributed by atoms with Crippen molar-refractivity contribution in [3.63, 3.8) is 0 Å². The Balaban J connectivity index is 1.52. The molecule has 0 aliphatic carbocycles. The molecule has 3 rings (SSSR count). The van der Waals surface area contributed by atoms with E-state index in [2.05, 4.69) is 39.4 Å². The molecule has 0 saturated carbocycles. The predicted molar refractivity (Wildman–Crippen MR) is 86.0 cm³/mol. The van der Waals surface area contributed by atoms with Crippen molar-refractivity contribution < 1.29 is 4.74 Å². The van der Waals surface area contributed by atoms with Crippen LogP contribution in [0.1, 0.15) is 5.56 Å². The Kier molecular flexibility index (Phi) is 4.97. The fraction of sp³-hybridized carbons (Fsp3) is 0.467. The molecular weight excluding hydrogens is 300 g/mol. The van der Waals surface area contributed by atoms with E-state index in [9.17, 15) is 4.79 Å². The number of H-pyrrole nitrogens is 1. The molecule has 2 aromatic rings. The van der Waals surface area contributed by atoms with E-state index in [0.717, 1.165) is 32.0 Å². The lowest BCUT2D eigenvalue weighted by Crippen LogP contribution is -2.43. The van der Waals surface area contributed by atoms with Crippen LogP contribution in [0.3, 0.4) is 0 Å². The van der Waals surface area contributed by atoms with Crippen LogP contribution in [0.5, 0.6) is 0 Å². The second kappa shape index (κ2) is 7.13. The fourth-order valence-corrected chi connectivity index (χ4v) is 3.42. The number of nitrogens with one attached hydrogen (secondary N) is 1. The second-order valence-electron chi connectivity index (χ2n) is 5.39. The molecular formula is C15H20N4O2S. The lowest BCUT2D eigenvalue weighted by atomic mass is 10.2. The topological polar surface area (TPSA) is 63.1 Å². The minimum absolute atomic E-state index is 0.161. The van der Waals surface area contributed by atoms with Gasteiger partial charge in [-0.25, -0.2) is 9.89 Å². The van der Waals surface area contributed by atoms with E-state index >= 15 is 0 Å². The van der Waals surface area contributed by atoms with Crippen molar-refractivity contribution in [2.24, 2.45) is 7.05 Å². The minimum atomic E-state index is -0.183. The van der Waals surface area contributed by atoms with Gasteiger partial charge in [-0.1, -0.05) is 42.1 Å². The Bertz CT molecular complexity index is 655. The van der Waals surface area contributed by atoms with Gasteiger partial charge in [0.15, 0.2) is 5.16 Å². The van der Waals surface area contributed by atoms with Crippen molar-refractivity contribution in [2.75, 3.05) is 25.4 Å². The zero-order valence-electron chi connectivity index (χ0n) is 12.6. The van der Waals surface area contributed by atoms with Gasteiger partial charge in [-0.3, -0.25) is 9.47 Å². The number of benzene rings is 1. The normalized spacial score (nSPS) is 19.4. The standard InChI is InChI=1S/C15H20N4O2S/c1-18-14(20)16-17-15(18)22-11-13-10-19(7-8-21-13)9-12-5-3-2-4-6-12/h2-6,13H,7-11H2,1H3,(H,16,20)/t13-/m0/s1. The fourth-order valence-electron chi connectivity index (χ4n) is 2.50. The third-order valence-corrected chi connectivity index (χ3v) is 4.87. The van der Waals surface area contributed by atoms with Crippen molar-refractivity contribution in [2.45, 2.75) is 17.8 Å². The van der Waals surface area contributed by atoms with E-state index in [4.69, 9.17) is 4.74 Å². The molecule has 1 saturated heterocycles. The van der Waals surface area contributed by atoms with Crippen LogP contribution in [-0.4, -0.2) is 51.2 Å². The molecule has 2 heterocycles.